The first-order valence-electron chi connectivity index (χ1n) is 5.72. The van der Waals surface area contributed by atoms with Crippen LogP contribution in [0.4, 0.5) is 0 Å². The van der Waals surface area contributed by atoms with Crippen molar-refractivity contribution in [2.75, 3.05) is 0 Å². The minimum Gasteiger partial charge on any atom is -0.263 e. The van der Waals surface area contributed by atoms with Crippen LogP contribution < -0.4 is 4.72 Å². The number of nitrogens with one attached hydrogen (secondary N) is 1. The molecule has 5 heteroatoms. The molecule has 0 bridgehead atoms. The molecular weight excluding hydrogens is 248 g/mol. The van der Waals surface area contributed by atoms with Crippen molar-refractivity contribution in [2.45, 2.75) is 30.7 Å². The summed E-state index contributed by atoms with van der Waals surface area (Å²) in [6.45, 7) is 1.97. The van der Waals surface area contributed by atoms with Gasteiger partial charge in [0.15, 0.2) is 0 Å². The Morgan fingerprint density at radius 2 is 2.17 bits per heavy atom. The molecule has 0 aromatic heterocycles. The molecule has 0 amide bonds. The lowest BCUT2D eigenvalue weighted by Gasteiger charge is -2.07. The highest BCUT2D eigenvalue weighted by molar-refractivity contribution is 7.90. The molecule has 18 heavy (non-hydrogen) atoms. The molecule has 1 aliphatic rings. The quantitative estimate of drug-likeness (QED) is 0.840. The van der Waals surface area contributed by atoms with Gasteiger partial charge in [0.25, 0.3) is 10.0 Å². The molecule has 94 valence electrons. The Kier molecular flexibility index (Phi) is 3.39. The summed E-state index contributed by atoms with van der Waals surface area (Å²) in [5, 5.41) is 0. The Labute approximate surface area is 107 Å². The van der Waals surface area contributed by atoms with Crippen LogP contribution in [0.3, 0.4) is 0 Å². The van der Waals surface area contributed by atoms with E-state index in [1.807, 2.05) is 6.92 Å². The lowest BCUT2D eigenvalue weighted by atomic mass is 10.1. The lowest BCUT2D eigenvalue weighted by molar-refractivity contribution is 0.594. The van der Waals surface area contributed by atoms with Gasteiger partial charge in [0.1, 0.15) is 5.84 Å². The van der Waals surface area contributed by atoms with Crippen LogP contribution in [0.15, 0.2) is 34.2 Å². The first-order chi connectivity index (χ1) is 8.58. The maximum absolute atomic E-state index is 11.9. The van der Waals surface area contributed by atoms with Crippen LogP contribution in [0, 0.1) is 12.3 Å². The van der Waals surface area contributed by atoms with E-state index >= 15 is 0 Å². The van der Waals surface area contributed by atoms with Crippen molar-refractivity contribution in [3.8, 4) is 12.3 Å². The molecule has 0 saturated heterocycles. The van der Waals surface area contributed by atoms with E-state index in [4.69, 9.17) is 6.42 Å². The standard InChI is InChI=1S/C13H14N2O2S/c1-3-7-10(4-2)14-13-11-8-5-6-9-12(11)18(16,17)15-13/h1,5-6,8-10H,4,7H2,2H3,(H,14,15). The van der Waals surface area contributed by atoms with E-state index < -0.39 is 10.0 Å². The van der Waals surface area contributed by atoms with Gasteiger partial charge in [-0.05, 0) is 18.6 Å². The number of nitrogens with zero attached hydrogens (tertiary/aromatic N) is 1. The fraction of sp³-hybridized carbons (Fsp3) is 0.308. The van der Waals surface area contributed by atoms with Gasteiger partial charge < -0.3 is 0 Å². The van der Waals surface area contributed by atoms with Gasteiger partial charge in [0, 0.05) is 12.0 Å². The summed E-state index contributed by atoms with van der Waals surface area (Å²) in [5.74, 6) is 2.95. The van der Waals surface area contributed by atoms with Gasteiger partial charge in [0.2, 0.25) is 0 Å². The summed E-state index contributed by atoms with van der Waals surface area (Å²) in [6.07, 6.45) is 6.55. The molecular formula is C13H14N2O2S. The Bertz CT molecular complexity index is 627. The topological polar surface area (TPSA) is 58.5 Å². The van der Waals surface area contributed by atoms with Crippen LogP contribution in [0.1, 0.15) is 25.3 Å². The Balaban J connectivity index is 2.45. The van der Waals surface area contributed by atoms with Gasteiger partial charge in [-0.25, -0.2) is 8.42 Å². The summed E-state index contributed by atoms with van der Waals surface area (Å²) in [6, 6.07) is 6.74. The first kappa shape index (κ1) is 12.7. The van der Waals surface area contributed by atoms with Gasteiger partial charge in [-0.15, -0.1) is 12.3 Å². The summed E-state index contributed by atoms with van der Waals surface area (Å²) >= 11 is 0. The molecule has 1 N–H and O–H groups in total. The smallest absolute Gasteiger partial charge is 0.263 e. The van der Waals surface area contributed by atoms with Crippen LogP contribution in [0.5, 0.6) is 0 Å². The highest BCUT2D eigenvalue weighted by atomic mass is 32.2. The minimum absolute atomic E-state index is 0.0566. The van der Waals surface area contributed by atoms with Crippen molar-refractivity contribution < 1.29 is 8.42 Å². The van der Waals surface area contributed by atoms with E-state index in [0.29, 0.717) is 17.8 Å². The molecule has 0 fully saturated rings. The number of amidine groups is 1. The number of hydrogen-bond donors (Lipinski definition) is 1. The number of aliphatic imine (C=N–C) groups is 1. The first-order valence-corrected chi connectivity index (χ1v) is 7.20. The molecule has 4 nitrogen and oxygen atoms in total. The second-order valence-corrected chi connectivity index (χ2v) is 5.70. The van der Waals surface area contributed by atoms with Crippen LogP contribution in [0.2, 0.25) is 0 Å². The van der Waals surface area contributed by atoms with Crippen LogP contribution in [-0.2, 0) is 10.0 Å². The van der Waals surface area contributed by atoms with Crippen LogP contribution in [0.25, 0.3) is 0 Å². The van der Waals surface area contributed by atoms with Crippen molar-refractivity contribution in [1.29, 1.82) is 0 Å². The molecule has 2 rings (SSSR count). The van der Waals surface area contributed by atoms with Gasteiger partial charge in [-0.3, -0.25) is 9.71 Å². The summed E-state index contributed by atoms with van der Waals surface area (Å²) in [7, 11) is -3.46. The molecule has 1 heterocycles. The Hall–Kier alpha value is -1.80. The zero-order valence-electron chi connectivity index (χ0n) is 10.1. The highest BCUT2D eigenvalue weighted by Crippen LogP contribution is 2.23. The maximum Gasteiger partial charge on any atom is 0.263 e. The predicted octanol–water partition coefficient (Wildman–Crippen LogP) is 1.53. The molecule has 0 aliphatic carbocycles. The van der Waals surface area contributed by atoms with Crippen molar-refractivity contribution in [3.63, 3.8) is 0 Å². The van der Waals surface area contributed by atoms with E-state index in [-0.39, 0.29) is 10.9 Å². The van der Waals surface area contributed by atoms with E-state index in [9.17, 15) is 8.42 Å². The average Bonchev–Trinajstić information content (AvgIpc) is 2.61. The zero-order valence-corrected chi connectivity index (χ0v) is 10.9. The Morgan fingerprint density at radius 3 is 2.83 bits per heavy atom. The number of sulfonamides is 1. The van der Waals surface area contributed by atoms with E-state index in [2.05, 4.69) is 15.6 Å². The summed E-state index contributed by atoms with van der Waals surface area (Å²) < 4.78 is 26.2. The molecule has 1 aliphatic heterocycles. The normalized spacial score (nSPS) is 19.9. The van der Waals surface area contributed by atoms with Crippen molar-refractivity contribution in [2.24, 2.45) is 4.99 Å². The number of fused-ring (bicyclic) bond motifs is 1. The van der Waals surface area contributed by atoms with E-state index in [1.54, 1.807) is 24.3 Å². The summed E-state index contributed by atoms with van der Waals surface area (Å²) in [5.41, 5.74) is 0.618. The SMILES string of the molecule is C#CCC(CC)N=C1NS(=O)(=O)c2ccccc21. The Morgan fingerprint density at radius 1 is 1.44 bits per heavy atom. The molecule has 0 spiro atoms. The summed E-state index contributed by atoms with van der Waals surface area (Å²) in [4.78, 5) is 4.68. The van der Waals surface area contributed by atoms with E-state index in [0.717, 1.165) is 6.42 Å². The second-order valence-electron chi connectivity index (χ2n) is 4.05. The largest absolute Gasteiger partial charge is 0.263 e. The van der Waals surface area contributed by atoms with E-state index in [1.165, 1.54) is 0 Å². The van der Waals surface area contributed by atoms with Crippen molar-refractivity contribution >= 4 is 15.9 Å². The molecule has 1 aromatic carbocycles. The van der Waals surface area contributed by atoms with Crippen LogP contribution >= 0.6 is 0 Å². The van der Waals surface area contributed by atoms with Gasteiger partial charge in [-0.2, -0.15) is 0 Å². The number of hydrogen-bond acceptors (Lipinski definition) is 3. The fourth-order valence-corrected chi connectivity index (χ4v) is 3.07. The average molecular weight is 262 g/mol. The monoisotopic (exact) mass is 262 g/mol. The minimum atomic E-state index is -3.46. The third-order valence-electron chi connectivity index (χ3n) is 2.80. The van der Waals surface area contributed by atoms with Gasteiger partial charge in [0.05, 0.1) is 10.9 Å². The third kappa shape index (κ3) is 2.24. The molecule has 1 unspecified atom stereocenters. The zero-order chi connectivity index (χ0) is 13.2. The lowest BCUT2D eigenvalue weighted by Crippen LogP contribution is -2.24. The van der Waals surface area contributed by atoms with Gasteiger partial charge in [-0.1, -0.05) is 19.1 Å². The molecule has 1 atom stereocenters. The third-order valence-corrected chi connectivity index (χ3v) is 4.20. The second kappa shape index (κ2) is 4.83. The highest BCUT2D eigenvalue weighted by Gasteiger charge is 2.30. The maximum atomic E-state index is 11.9. The number of terminal acetylenes is 1. The molecule has 0 saturated carbocycles. The fourth-order valence-electron chi connectivity index (χ4n) is 1.83. The molecule has 1 aromatic rings. The predicted molar refractivity (Wildman–Crippen MR) is 70.8 cm³/mol. The number of rotatable bonds is 3. The van der Waals surface area contributed by atoms with Crippen molar-refractivity contribution in [1.82, 2.24) is 4.72 Å². The van der Waals surface area contributed by atoms with Gasteiger partial charge >= 0.3 is 0 Å². The van der Waals surface area contributed by atoms with Crippen LogP contribution in [-0.4, -0.2) is 20.3 Å². The number of benzene rings is 1. The van der Waals surface area contributed by atoms with Crippen molar-refractivity contribution in [3.05, 3.63) is 29.8 Å². The molecule has 0 radical (unpaired) electrons.